The highest BCUT2D eigenvalue weighted by molar-refractivity contribution is 6.30. The molecule has 0 unspecified atom stereocenters. The average molecular weight is 350 g/mol. The molecular formula is C15H13Cl2N5O. The maximum atomic E-state index is 11.9. The van der Waals surface area contributed by atoms with Crippen LogP contribution in [-0.4, -0.2) is 25.5 Å². The van der Waals surface area contributed by atoms with E-state index in [-0.39, 0.29) is 5.91 Å². The number of aryl methyl sites for hydroxylation is 1. The lowest BCUT2D eigenvalue weighted by atomic mass is 10.2. The Morgan fingerprint density at radius 3 is 2.35 bits per heavy atom. The van der Waals surface area contributed by atoms with Gasteiger partial charge in [0, 0.05) is 31.0 Å². The smallest absolute Gasteiger partial charge is 0.226 e. The summed E-state index contributed by atoms with van der Waals surface area (Å²) < 4.78 is 3.29. The Morgan fingerprint density at radius 2 is 1.74 bits per heavy atom. The highest BCUT2D eigenvalue weighted by atomic mass is 35.5. The number of amides is 1. The van der Waals surface area contributed by atoms with Gasteiger partial charge in [-0.3, -0.25) is 9.48 Å². The predicted octanol–water partition coefficient (Wildman–Crippen LogP) is 3.40. The lowest BCUT2D eigenvalue weighted by Crippen LogP contribution is -2.14. The van der Waals surface area contributed by atoms with E-state index in [4.69, 9.17) is 23.2 Å². The summed E-state index contributed by atoms with van der Waals surface area (Å²) in [7, 11) is 0. The molecule has 0 aliphatic carbocycles. The van der Waals surface area contributed by atoms with E-state index in [0.717, 1.165) is 11.4 Å². The van der Waals surface area contributed by atoms with E-state index in [1.165, 1.54) is 0 Å². The van der Waals surface area contributed by atoms with Gasteiger partial charge in [0.2, 0.25) is 5.91 Å². The molecule has 0 aliphatic rings. The average Bonchev–Trinajstić information content (AvgIpc) is 3.15. The van der Waals surface area contributed by atoms with Crippen LogP contribution in [-0.2, 0) is 11.3 Å². The van der Waals surface area contributed by atoms with Crippen LogP contribution in [0.1, 0.15) is 6.42 Å². The summed E-state index contributed by atoms with van der Waals surface area (Å²) in [4.78, 5) is 11.9. The van der Waals surface area contributed by atoms with Crippen molar-refractivity contribution in [3.05, 3.63) is 59.1 Å². The Balaban J connectivity index is 1.56. The molecule has 1 aromatic carbocycles. The quantitative estimate of drug-likeness (QED) is 0.767. The van der Waals surface area contributed by atoms with Crippen molar-refractivity contribution in [2.75, 3.05) is 5.32 Å². The number of halogens is 2. The first-order chi connectivity index (χ1) is 11.1. The number of carbonyl (C=O) groups is 1. The van der Waals surface area contributed by atoms with Gasteiger partial charge < -0.3 is 5.32 Å². The molecule has 118 valence electrons. The summed E-state index contributed by atoms with van der Waals surface area (Å²) in [6.07, 6.45) is 6.82. The molecule has 0 aliphatic heterocycles. The molecule has 0 saturated heterocycles. The molecule has 0 spiro atoms. The third-order valence-electron chi connectivity index (χ3n) is 3.14. The molecule has 1 N–H and O–H groups in total. The topological polar surface area (TPSA) is 64.7 Å². The van der Waals surface area contributed by atoms with E-state index in [1.54, 1.807) is 34.2 Å². The Hall–Kier alpha value is -2.31. The summed E-state index contributed by atoms with van der Waals surface area (Å²) in [6.45, 7) is 0.475. The minimum Gasteiger partial charge on any atom is -0.326 e. The van der Waals surface area contributed by atoms with Crippen molar-refractivity contribution >= 4 is 34.8 Å². The molecule has 0 fully saturated rings. The Bertz CT molecular complexity index is 809. The van der Waals surface area contributed by atoms with Crippen molar-refractivity contribution in [2.45, 2.75) is 13.0 Å². The van der Waals surface area contributed by atoms with E-state index in [1.807, 2.05) is 24.3 Å². The molecule has 0 radical (unpaired) electrons. The second-order valence-corrected chi connectivity index (χ2v) is 5.74. The zero-order chi connectivity index (χ0) is 16.2. The Morgan fingerprint density at radius 1 is 1.04 bits per heavy atom. The number of rotatable bonds is 5. The second kappa shape index (κ2) is 6.85. The van der Waals surface area contributed by atoms with Gasteiger partial charge in [-0.25, -0.2) is 4.68 Å². The highest BCUT2D eigenvalue weighted by Crippen LogP contribution is 2.15. The number of benzene rings is 1. The first kappa shape index (κ1) is 15.6. The van der Waals surface area contributed by atoms with Crippen molar-refractivity contribution in [1.82, 2.24) is 19.6 Å². The Kier molecular flexibility index (Phi) is 4.64. The summed E-state index contributed by atoms with van der Waals surface area (Å²) >= 11 is 11.6. The van der Waals surface area contributed by atoms with Crippen LogP contribution >= 0.6 is 23.2 Å². The van der Waals surface area contributed by atoms with Crippen LogP contribution in [0.2, 0.25) is 10.0 Å². The van der Waals surface area contributed by atoms with E-state index >= 15 is 0 Å². The van der Waals surface area contributed by atoms with Crippen molar-refractivity contribution in [3.8, 4) is 5.69 Å². The van der Waals surface area contributed by atoms with Crippen LogP contribution < -0.4 is 5.32 Å². The summed E-state index contributed by atoms with van der Waals surface area (Å²) in [5.74, 6) is -0.0912. The molecule has 3 rings (SSSR count). The molecule has 8 heteroatoms. The fourth-order valence-corrected chi connectivity index (χ4v) is 2.33. The molecule has 0 atom stereocenters. The minimum atomic E-state index is -0.0912. The van der Waals surface area contributed by atoms with E-state index < -0.39 is 0 Å². The SMILES string of the molecule is O=C(CCn1cc(Cl)cn1)Nc1ccc(-n2cc(Cl)cn2)cc1. The fourth-order valence-electron chi connectivity index (χ4n) is 2.04. The van der Waals surface area contributed by atoms with Crippen molar-refractivity contribution in [3.63, 3.8) is 0 Å². The molecule has 23 heavy (non-hydrogen) atoms. The van der Waals surface area contributed by atoms with E-state index in [9.17, 15) is 4.79 Å². The normalized spacial score (nSPS) is 10.7. The molecule has 1 amide bonds. The zero-order valence-corrected chi connectivity index (χ0v) is 13.5. The van der Waals surface area contributed by atoms with Gasteiger partial charge in [0.15, 0.2) is 0 Å². The maximum Gasteiger partial charge on any atom is 0.226 e. The van der Waals surface area contributed by atoms with Crippen LogP contribution in [0.15, 0.2) is 49.1 Å². The number of anilines is 1. The van der Waals surface area contributed by atoms with Gasteiger partial charge in [-0.15, -0.1) is 0 Å². The molecule has 0 saturated carbocycles. The molecule has 0 bridgehead atoms. The van der Waals surface area contributed by atoms with Crippen LogP contribution in [0.25, 0.3) is 5.69 Å². The van der Waals surface area contributed by atoms with Gasteiger partial charge in [0.1, 0.15) is 0 Å². The number of hydrogen-bond acceptors (Lipinski definition) is 3. The molecule has 2 aromatic heterocycles. The van der Waals surface area contributed by atoms with E-state index in [0.29, 0.717) is 23.0 Å². The first-order valence-corrected chi connectivity index (χ1v) is 7.64. The third-order valence-corrected chi connectivity index (χ3v) is 3.53. The van der Waals surface area contributed by atoms with Gasteiger partial charge in [-0.1, -0.05) is 23.2 Å². The second-order valence-electron chi connectivity index (χ2n) is 4.87. The van der Waals surface area contributed by atoms with Crippen LogP contribution in [0.3, 0.4) is 0 Å². The minimum absolute atomic E-state index is 0.0912. The highest BCUT2D eigenvalue weighted by Gasteiger charge is 2.05. The monoisotopic (exact) mass is 349 g/mol. The first-order valence-electron chi connectivity index (χ1n) is 6.88. The number of carbonyl (C=O) groups excluding carboxylic acids is 1. The van der Waals surface area contributed by atoms with Gasteiger partial charge >= 0.3 is 0 Å². The standard InChI is InChI=1S/C15H13Cl2N5O/c16-11-7-18-21(9-11)6-5-15(23)20-13-1-3-14(4-2-13)22-10-12(17)8-19-22/h1-4,7-10H,5-6H2,(H,20,23). The van der Waals surface area contributed by atoms with Gasteiger partial charge in [0.05, 0.1) is 28.1 Å². The summed E-state index contributed by atoms with van der Waals surface area (Å²) in [5, 5.41) is 12.1. The lowest BCUT2D eigenvalue weighted by Gasteiger charge is -2.07. The number of nitrogens with one attached hydrogen (secondary N) is 1. The number of hydrogen-bond donors (Lipinski definition) is 1. The maximum absolute atomic E-state index is 11.9. The third kappa shape index (κ3) is 4.12. The molecule has 3 aromatic rings. The number of nitrogens with zero attached hydrogens (tertiary/aromatic N) is 4. The number of aromatic nitrogens is 4. The van der Waals surface area contributed by atoms with Gasteiger partial charge in [0.25, 0.3) is 0 Å². The van der Waals surface area contributed by atoms with Crippen molar-refractivity contribution in [1.29, 1.82) is 0 Å². The largest absolute Gasteiger partial charge is 0.326 e. The summed E-state index contributed by atoms with van der Waals surface area (Å²) in [6, 6.07) is 7.33. The van der Waals surface area contributed by atoms with E-state index in [2.05, 4.69) is 15.5 Å². The molecular weight excluding hydrogens is 337 g/mol. The molecule has 2 heterocycles. The van der Waals surface area contributed by atoms with Crippen molar-refractivity contribution < 1.29 is 4.79 Å². The summed E-state index contributed by atoms with van der Waals surface area (Å²) in [5.41, 5.74) is 1.58. The van der Waals surface area contributed by atoms with Crippen LogP contribution in [0.5, 0.6) is 0 Å². The molecule has 6 nitrogen and oxygen atoms in total. The fraction of sp³-hybridized carbons (Fsp3) is 0.133. The van der Waals surface area contributed by atoms with Gasteiger partial charge in [-0.2, -0.15) is 10.2 Å². The van der Waals surface area contributed by atoms with Crippen LogP contribution in [0.4, 0.5) is 5.69 Å². The lowest BCUT2D eigenvalue weighted by molar-refractivity contribution is -0.116. The predicted molar refractivity (Wildman–Crippen MR) is 89.1 cm³/mol. The van der Waals surface area contributed by atoms with Crippen LogP contribution in [0, 0.1) is 0 Å². The van der Waals surface area contributed by atoms with Crippen molar-refractivity contribution in [2.24, 2.45) is 0 Å². The van der Waals surface area contributed by atoms with Gasteiger partial charge in [-0.05, 0) is 24.3 Å². The zero-order valence-electron chi connectivity index (χ0n) is 12.0. The Labute approximate surface area is 142 Å².